The van der Waals surface area contributed by atoms with Crippen molar-refractivity contribution >= 4 is 11.5 Å². The maximum atomic E-state index is 10.2. The van der Waals surface area contributed by atoms with Crippen molar-refractivity contribution in [3.63, 3.8) is 0 Å². The zero-order valence-electron chi connectivity index (χ0n) is 9.90. The van der Waals surface area contributed by atoms with Crippen molar-refractivity contribution in [2.75, 3.05) is 7.11 Å². The average molecular weight is 239 g/mol. The van der Waals surface area contributed by atoms with E-state index in [0.29, 0.717) is 12.5 Å². The Hall–Kier alpha value is -1.16. The van der Waals surface area contributed by atoms with Gasteiger partial charge in [-0.2, -0.15) is 8.57 Å². The minimum Gasteiger partial charge on any atom is -0.496 e. The summed E-state index contributed by atoms with van der Waals surface area (Å²) in [6.45, 7) is 4.77. The molecule has 0 aliphatic heterocycles. The Morgan fingerprint density at radius 2 is 2.25 bits per heavy atom. The molecule has 4 heteroatoms. The van der Waals surface area contributed by atoms with E-state index in [0.717, 1.165) is 17.7 Å². The molecule has 0 aliphatic rings. The minimum absolute atomic E-state index is 0.259. The molecule has 0 bridgehead atoms. The number of hydrogen-bond acceptors (Lipinski definition) is 3. The van der Waals surface area contributed by atoms with E-state index >= 15 is 0 Å². The van der Waals surface area contributed by atoms with Gasteiger partial charge in [-0.3, -0.25) is 0 Å². The van der Waals surface area contributed by atoms with Gasteiger partial charge in [0.1, 0.15) is 5.75 Å². The van der Waals surface area contributed by atoms with Crippen LogP contribution in [0, 0.1) is 0 Å². The molecule has 1 aromatic carbocycles. The van der Waals surface area contributed by atoms with E-state index < -0.39 is 0 Å². The highest BCUT2D eigenvalue weighted by Crippen LogP contribution is 2.29. The lowest BCUT2D eigenvalue weighted by atomic mass is 9.96. The Bertz CT molecular complexity index is 400. The Labute approximate surface area is 100 Å². The molecule has 1 atom stereocenters. The van der Waals surface area contributed by atoms with Gasteiger partial charge in [-0.15, -0.1) is 0 Å². The fourth-order valence-electron chi connectivity index (χ4n) is 1.58. The molecule has 88 valence electrons. The first kappa shape index (κ1) is 12.9. The second-order valence-electron chi connectivity index (χ2n) is 3.75. The molecular weight excluding hydrogens is 222 g/mol. The van der Waals surface area contributed by atoms with Gasteiger partial charge in [0.05, 0.1) is 13.7 Å². The van der Waals surface area contributed by atoms with Crippen LogP contribution in [0.1, 0.15) is 37.3 Å². The van der Waals surface area contributed by atoms with Crippen LogP contribution in [0.5, 0.6) is 5.75 Å². The van der Waals surface area contributed by atoms with Gasteiger partial charge in [0.2, 0.25) is 0 Å². The topological polar surface area (TPSA) is 38.7 Å². The summed E-state index contributed by atoms with van der Waals surface area (Å²) in [5.74, 6) is 1.37. The van der Waals surface area contributed by atoms with Crippen LogP contribution in [0.15, 0.2) is 22.6 Å². The lowest BCUT2D eigenvalue weighted by Gasteiger charge is -2.14. The van der Waals surface area contributed by atoms with Crippen LogP contribution in [-0.4, -0.2) is 11.3 Å². The summed E-state index contributed by atoms with van der Waals surface area (Å²) in [5, 5.41) is 0. The molecule has 3 nitrogen and oxygen atoms in total. The Morgan fingerprint density at radius 3 is 2.81 bits per heavy atom. The summed E-state index contributed by atoms with van der Waals surface area (Å²) in [6.07, 6.45) is 1.08. The van der Waals surface area contributed by atoms with Crippen LogP contribution >= 0.6 is 0 Å². The first-order valence-electron chi connectivity index (χ1n) is 5.35. The first-order chi connectivity index (χ1) is 7.72. The lowest BCUT2D eigenvalue weighted by Crippen LogP contribution is -1.97. The monoisotopic (exact) mass is 239 g/mol. The highest BCUT2D eigenvalue weighted by atomic mass is 32.1. The number of benzene rings is 1. The van der Waals surface area contributed by atoms with Crippen LogP contribution in [0.25, 0.3) is 0 Å². The molecule has 0 saturated heterocycles. The molecule has 1 rings (SSSR count). The van der Waals surface area contributed by atoms with Gasteiger partial charge in [-0.1, -0.05) is 26.0 Å². The van der Waals surface area contributed by atoms with Gasteiger partial charge in [-0.05, 0) is 29.5 Å². The van der Waals surface area contributed by atoms with E-state index in [9.17, 15) is 4.21 Å². The quantitative estimate of drug-likeness (QED) is 0.792. The first-order valence-corrected chi connectivity index (χ1v) is 6.05. The van der Waals surface area contributed by atoms with Gasteiger partial charge in [-0.25, -0.2) is 0 Å². The van der Waals surface area contributed by atoms with Gasteiger partial charge >= 0.3 is 0 Å². The third kappa shape index (κ3) is 3.17. The van der Waals surface area contributed by atoms with E-state index in [1.807, 2.05) is 12.1 Å². The molecule has 1 aromatic rings. The highest BCUT2D eigenvalue weighted by Gasteiger charge is 2.10. The molecule has 0 amide bonds. The lowest BCUT2D eigenvalue weighted by molar-refractivity contribution is 0.405. The molecule has 16 heavy (non-hydrogen) atoms. The zero-order valence-corrected chi connectivity index (χ0v) is 10.7. The Balaban J connectivity index is 3.01. The fourth-order valence-corrected chi connectivity index (χ4v) is 1.78. The summed E-state index contributed by atoms with van der Waals surface area (Å²) >= 11 is 0.259. The summed E-state index contributed by atoms with van der Waals surface area (Å²) < 4.78 is 19.3. The molecule has 0 N–H and O–H groups in total. The Kier molecular flexibility index (Phi) is 5.19. The molecule has 0 aliphatic carbocycles. The second kappa shape index (κ2) is 6.43. The number of ether oxygens (including phenoxy) is 1. The predicted molar refractivity (Wildman–Crippen MR) is 66.0 cm³/mol. The van der Waals surface area contributed by atoms with Crippen LogP contribution in [0.4, 0.5) is 0 Å². The van der Waals surface area contributed by atoms with Gasteiger partial charge in [0, 0.05) is 0 Å². The molecular formula is C12H17NO2S. The smallest absolute Gasteiger partial charge is 0.199 e. The highest BCUT2D eigenvalue weighted by molar-refractivity contribution is 7.54. The third-order valence-corrected chi connectivity index (χ3v) is 2.98. The molecule has 1 unspecified atom stereocenters. The summed E-state index contributed by atoms with van der Waals surface area (Å²) in [7, 11) is 1.67. The van der Waals surface area contributed by atoms with Gasteiger partial charge in [0.15, 0.2) is 11.5 Å². The number of nitrogens with zero attached hydrogens (tertiary/aromatic N) is 1. The Morgan fingerprint density at radius 1 is 1.50 bits per heavy atom. The fraction of sp³-hybridized carbons (Fsp3) is 0.500. The van der Waals surface area contributed by atoms with Gasteiger partial charge in [0.25, 0.3) is 0 Å². The van der Waals surface area contributed by atoms with Crippen molar-refractivity contribution in [2.45, 2.75) is 32.7 Å². The van der Waals surface area contributed by atoms with Gasteiger partial charge < -0.3 is 4.74 Å². The van der Waals surface area contributed by atoms with Crippen LogP contribution in [0.2, 0.25) is 0 Å². The van der Waals surface area contributed by atoms with Crippen molar-refractivity contribution in [3.05, 3.63) is 29.3 Å². The third-order valence-electron chi connectivity index (χ3n) is 2.74. The maximum Gasteiger partial charge on any atom is 0.199 e. The van der Waals surface area contributed by atoms with Crippen LogP contribution in [0.3, 0.4) is 0 Å². The molecule has 0 radical (unpaired) electrons. The maximum absolute atomic E-state index is 10.2. The predicted octanol–water partition coefficient (Wildman–Crippen LogP) is 3.11. The van der Waals surface area contributed by atoms with E-state index in [2.05, 4.69) is 24.3 Å². The van der Waals surface area contributed by atoms with E-state index in [4.69, 9.17) is 4.74 Å². The zero-order chi connectivity index (χ0) is 12.0. The molecule has 0 aromatic heterocycles. The van der Waals surface area contributed by atoms with Crippen LogP contribution in [-0.2, 0) is 18.0 Å². The van der Waals surface area contributed by atoms with E-state index in [-0.39, 0.29) is 11.5 Å². The summed E-state index contributed by atoms with van der Waals surface area (Å²) in [5.41, 5.74) is 2.22. The molecule has 0 heterocycles. The average Bonchev–Trinajstić information content (AvgIpc) is 2.34. The molecule has 0 spiro atoms. The molecule has 0 fully saturated rings. The van der Waals surface area contributed by atoms with Crippen molar-refractivity contribution in [2.24, 2.45) is 4.36 Å². The largest absolute Gasteiger partial charge is 0.496 e. The van der Waals surface area contributed by atoms with Crippen molar-refractivity contribution < 1.29 is 8.95 Å². The number of rotatable bonds is 5. The van der Waals surface area contributed by atoms with E-state index in [1.165, 1.54) is 5.56 Å². The second-order valence-corrected chi connectivity index (χ2v) is 4.15. The standard InChI is InChI=1S/C12H17NO2S/c1-4-9(2)11-6-5-10(8-13-16-14)7-12(11)15-3/h5-7,9H,4,8H2,1-3H3. The number of methoxy groups -OCH3 is 1. The van der Waals surface area contributed by atoms with Crippen molar-refractivity contribution in [1.82, 2.24) is 0 Å². The number of hydrogen-bond donors (Lipinski definition) is 0. The summed E-state index contributed by atoms with van der Waals surface area (Å²) in [6, 6.07) is 6.03. The minimum atomic E-state index is 0.259. The van der Waals surface area contributed by atoms with Crippen molar-refractivity contribution in [3.8, 4) is 5.75 Å². The van der Waals surface area contributed by atoms with E-state index in [1.54, 1.807) is 7.11 Å². The SMILES string of the molecule is CCC(C)c1ccc(CN=S=O)cc1OC. The molecule has 0 saturated carbocycles. The van der Waals surface area contributed by atoms with Crippen molar-refractivity contribution in [1.29, 1.82) is 0 Å². The van der Waals surface area contributed by atoms with Crippen LogP contribution < -0.4 is 4.74 Å². The summed E-state index contributed by atoms with van der Waals surface area (Å²) in [4.78, 5) is 0. The normalized spacial score (nSPS) is 11.9.